The smallest absolute Gasteiger partial charge is 0.373 e. The molecule has 1 saturated heterocycles. The van der Waals surface area contributed by atoms with Gasteiger partial charge in [0.15, 0.2) is 5.57 Å². The maximum atomic E-state index is 11.7. The number of allylic oxidation sites excluding steroid dienone is 1. The third-order valence-electron chi connectivity index (χ3n) is 6.33. The molecule has 0 bridgehead atoms. The number of non-ortho nitro benzene ring substituents is 2. The number of anilines is 2. The lowest BCUT2D eigenvalue weighted by molar-refractivity contribution is -0.385. The Kier molecular flexibility index (Phi) is 19.0. The number of nitrogens with two attached hydrogens (primary N) is 1. The minimum atomic E-state index is -1.27. The van der Waals surface area contributed by atoms with Crippen molar-refractivity contribution in [2.45, 2.75) is 73.5 Å². The fourth-order valence-corrected chi connectivity index (χ4v) is 4.10. The number of aliphatic hydroxyl groups excluding tert-OH is 1. The molecular weight excluding hydrogens is 704 g/mol. The number of aryl methyl sites for hydroxylation is 1. The lowest BCUT2D eigenvalue weighted by atomic mass is 10.0. The van der Waals surface area contributed by atoms with Crippen LogP contribution in [0, 0.1) is 39.0 Å². The summed E-state index contributed by atoms with van der Waals surface area (Å²) in [6.07, 6.45) is 0.627. The van der Waals surface area contributed by atoms with Gasteiger partial charge in [-0.2, -0.15) is 9.59 Å². The number of nitrogens with zero attached hydrogens (tertiary/aromatic N) is 2. The number of amides is 1. The van der Waals surface area contributed by atoms with Crippen LogP contribution >= 0.6 is 0 Å². The Bertz CT molecular complexity index is 1740. The van der Waals surface area contributed by atoms with Crippen molar-refractivity contribution in [1.82, 2.24) is 0 Å². The molecule has 53 heavy (non-hydrogen) atoms. The molecule has 19 nitrogen and oxygen atoms in total. The number of methoxy groups -OCH3 is 1. The third-order valence-corrected chi connectivity index (χ3v) is 6.33. The average molecular weight is 747 g/mol. The zero-order valence-corrected chi connectivity index (χ0v) is 30.4. The van der Waals surface area contributed by atoms with Gasteiger partial charge < -0.3 is 30.4 Å². The Morgan fingerprint density at radius 1 is 0.925 bits per heavy atom. The molecule has 0 unspecified atom stereocenters. The number of hydrogen-bond donors (Lipinski definition) is 3. The lowest BCUT2D eigenvalue weighted by Gasteiger charge is -2.30. The van der Waals surface area contributed by atoms with E-state index in [0.29, 0.717) is 17.7 Å². The number of Topliss-reactive ketones (excluding diaryl/α,β-unsaturated/α-hetero) is 1. The average Bonchev–Trinajstić information content (AvgIpc) is 3.00. The van der Waals surface area contributed by atoms with Crippen molar-refractivity contribution >= 4 is 58.5 Å². The van der Waals surface area contributed by atoms with Crippen molar-refractivity contribution in [3.05, 3.63) is 79.1 Å². The fourth-order valence-electron chi connectivity index (χ4n) is 4.10. The number of ether oxygens (including phenoxy) is 3. The van der Waals surface area contributed by atoms with Gasteiger partial charge in [-0.15, -0.1) is 0 Å². The molecule has 0 saturated carbocycles. The van der Waals surface area contributed by atoms with Crippen LogP contribution in [0.4, 0.5) is 22.7 Å². The number of ketones is 1. The van der Waals surface area contributed by atoms with E-state index in [-0.39, 0.29) is 65.0 Å². The van der Waals surface area contributed by atoms with Crippen LogP contribution in [-0.4, -0.2) is 63.6 Å². The van der Waals surface area contributed by atoms with E-state index in [1.165, 1.54) is 45.2 Å². The van der Waals surface area contributed by atoms with E-state index in [1.807, 2.05) is 27.7 Å². The summed E-state index contributed by atoms with van der Waals surface area (Å²) in [6, 6.07) is 7.80. The third kappa shape index (κ3) is 16.8. The van der Waals surface area contributed by atoms with E-state index in [0.717, 1.165) is 6.07 Å². The van der Waals surface area contributed by atoms with Gasteiger partial charge >= 0.3 is 24.1 Å². The molecule has 1 aliphatic rings. The van der Waals surface area contributed by atoms with Gasteiger partial charge in [-0.1, -0.05) is 33.8 Å². The highest BCUT2D eigenvalue weighted by Crippen LogP contribution is 2.26. The number of rotatable bonds is 10. The molecule has 1 heterocycles. The second kappa shape index (κ2) is 21.7. The van der Waals surface area contributed by atoms with E-state index >= 15 is 0 Å². The predicted molar refractivity (Wildman–Crippen MR) is 185 cm³/mol. The van der Waals surface area contributed by atoms with Crippen LogP contribution in [0.3, 0.4) is 0 Å². The molecule has 3 rings (SSSR count). The van der Waals surface area contributed by atoms with Crippen molar-refractivity contribution in [2.75, 3.05) is 18.2 Å². The zero-order chi connectivity index (χ0) is 41.2. The van der Waals surface area contributed by atoms with Gasteiger partial charge in [0, 0.05) is 51.0 Å². The van der Waals surface area contributed by atoms with Crippen molar-refractivity contribution in [3.63, 3.8) is 0 Å². The van der Waals surface area contributed by atoms with Crippen molar-refractivity contribution in [2.24, 2.45) is 11.8 Å². The molecule has 19 heteroatoms. The van der Waals surface area contributed by atoms with Gasteiger partial charge in [0.05, 0.1) is 40.3 Å². The molecule has 0 atom stereocenters. The van der Waals surface area contributed by atoms with E-state index in [4.69, 9.17) is 24.8 Å². The summed E-state index contributed by atoms with van der Waals surface area (Å²) in [7, 11) is 1.21. The summed E-state index contributed by atoms with van der Waals surface area (Å²) < 4.78 is 14.1. The standard InChI is InChI=1S/C14H18N2O4.C11H16O5.C8H8N2O4.CO2/c1-9(2)6-12(17)8-14(18)15-13-7-11(16(19)20)5-4-10(13)3;1-6(2)5-7(12)8-9(13)15-11(3,4)16-10(8)14;1-14-8(11)6-3-2-5(10(12)13)4-7(6)9;2-1-3/h4-5,7,9H,6,8H2,1-3H3,(H,15,18);6,12H,5H2,1-4H3;2-4H,9H2,1H3;. The highest BCUT2D eigenvalue weighted by molar-refractivity contribution is 6.15. The summed E-state index contributed by atoms with van der Waals surface area (Å²) in [5.41, 5.74) is 6.01. The molecule has 1 aliphatic heterocycles. The molecule has 2 aromatic carbocycles. The Morgan fingerprint density at radius 2 is 1.40 bits per heavy atom. The molecule has 0 spiro atoms. The van der Waals surface area contributed by atoms with E-state index in [2.05, 4.69) is 10.1 Å². The van der Waals surface area contributed by atoms with Crippen molar-refractivity contribution in [1.29, 1.82) is 0 Å². The van der Waals surface area contributed by atoms with Gasteiger partial charge in [0.25, 0.3) is 17.2 Å². The second-order valence-electron chi connectivity index (χ2n) is 12.3. The summed E-state index contributed by atoms with van der Waals surface area (Å²) in [4.78, 5) is 93.5. The van der Waals surface area contributed by atoms with Crippen LogP contribution in [0.5, 0.6) is 0 Å². The van der Waals surface area contributed by atoms with Crippen molar-refractivity contribution < 1.29 is 62.7 Å². The first-order valence-electron chi connectivity index (χ1n) is 15.6. The largest absolute Gasteiger partial charge is 0.511 e. The maximum Gasteiger partial charge on any atom is 0.373 e. The highest BCUT2D eigenvalue weighted by atomic mass is 16.7. The number of carbonyl (C=O) groups is 5. The van der Waals surface area contributed by atoms with E-state index in [9.17, 15) is 49.3 Å². The topological polar surface area (TPSA) is 292 Å². The minimum absolute atomic E-state index is 0.0334. The first-order chi connectivity index (χ1) is 24.5. The minimum Gasteiger partial charge on any atom is -0.511 e. The molecular formula is C34H42N4O15. The maximum absolute atomic E-state index is 11.7. The predicted octanol–water partition coefficient (Wildman–Crippen LogP) is 4.91. The molecule has 0 radical (unpaired) electrons. The number of nitrogen functional groups attached to an aromatic ring is 1. The van der Waals surface area contributed by atoms with Gasteiger partial charge in [0.2, 0.25) is 5.91 Å². The quantitative estimate of drug-likeness (QED) is 0.0425. The van der Waals surface area contributed by atoms with E-state index in [1.54, 1.807) is 13.0 Å². The lowest BCUT2D eigenvalue weighted by Crippen LogP contribution is -2.42. The number of aliphatic hydroxyl groups is 1. The highest BCUT2D eigenvalue weighted by Gasteiger charge is 2.41. The second-order valence-corrected chi connectivity index (χ2v) is 12.3. The van der Waals surface area contributed by atoms with Crippen LogP contribution in [0.2, 0.25) is 0 Å². The Labute approximate surface area is 303 Å². The first kappa shape index (κ1) is 46.5. The zero-order valence-electron chi connectivity index (χ0n) is 30.4. The summed E-state index contributed by atoms with van der Waals surface area (Å²) in [6.45, 7) is 12.2. The number of esters is 3. The van der Waals surface area contributed by atoms with Crippen LogP contribution in [0.25, 0.3) is 0 Å². The molecule has 1 amide bonds. The number of hydrogen-bond acceptors (Lipinski definition) is 16. The Hall–Kier alpha value is -6.49. The SMILES string of the molecule is CC(C)CC(O)=C1C(=O)OC(C)(C)OC1=O.COC(=O)c1ccc([N+](=O)[O-])cc1N.Cc1ccc([N+](=O)[O-])cc1NC(=O)CC(=O)CC(C)C.O=C=O. The van der Waals surface area contributed by atoms with Gasteiger partial charge in [-0.25, -0.2) is 14.4 Å². The summed E-state index contributed by atoms with van der Waals surface area (Å²) >= 11 is 0. The molecule has 4 N–H and O–H groups in total. The fraction of sp³-hybridized carbons (Fsp3) is 0.412. The van der Waals surface area contributed by atoms with Crippen molar-refractivity contribution in [3.8, 4) is 0 Å². The first-order valence-corrected chi connectivity index (χ1v) is 15.6. The van der Waals surface area contributed by atoms with Gasteiger partial charge in [-0.05, 0) is 30.4 Å². The number of carbonyl (C=O) groups excluding carboxylic acids is 7. The van der Waals surface area contributed by atoms with Crippen LogP contribution in [0.1, 0.15) is 76.7 Å². The number of nitro groups is 2. The Balaban J connectivity index is 0.000000747. The molecule has 0 aromatic heterocycles. The van der Waals surface area contributed by atoms with Crippen LogP contribution in [0.15, 0.2) is 47.7 Å². The Morgan fingerprint density at radius 3 is 1.83 bits per heavy atom. The van der Waals surface area contributed by atoms with Crippen LogP contribution < -0.4 is 11.1 Å². The monoisotopic (exact) mass is 746 g/mol. The normalized spacial score (nSPS) is 12.5. The molecule has 1 fully saturated rings. The molecule has 288 valence electrons. The van der Waals surface area contributed by atoms with Crippen LogP contribution in [-0.2, 0) is 43.0 Å². The molecule has 2 aromatic rings. The number of cyclic esters (lactones) is 2. The number of benzene rings is 2. The van der Waals surface area contributed by atoms with Gasteiger partial charge in [-0.3, -0.25) is 29.8 Å². The summed E-state index contributed by atoms with van der Waals surface area (Å²) in [5, 5.41) is 33.2. The van der Waals surface area contributed by atoms with Gasteiger partial charge in [0.1, 0.15) is 11.5 Å². The molecule has 0 aliphatic carbocycles. The number of nitro benzene ring substituents is 2. The summed E-state index contributed by atoms with van der Waals surface area (Å²) in [5.74, 6) is -4.08. The number of nitrogens with one attached hydrogen (secondary N) is 1. The van der Waals surface area contributed by atoms with E-state index < -0.39 is 45.0 Å².